The largest absolute Gasteiger partial charge is 0.369 e. The van der Waals surface area contributed by atoms with Gasteiger partial charge in [0.05, 0.1) is 21.8 Å². The van der Waals surface area contributed by atoms with Crippen molar-refractivity contribution in [3.8, 4) is 10.7 Å². The van der Waals surface area contributed by atoms with Crippen LogP contribution in [-0.2, 0) is 0 Å². The summed E-state index contributed by atoms with van der Waals surface area (Å²) in [5.41, 5.74) is 0.667. The van der Waals surface area contributed by atoms with Gasteiger partial charge in [0.1, 0.15) is 12.9 Å². The van der Waals surface area contributed by atoms with Gasteiger partial charge in [-0.3, -0.25) is 0 Å². The van der Waals surface area contributed by atoms with Crippen molar-refractivity contribution in [2.45, 2.75) is 0 Å². The Morgan fingerprint density at radius 2 is 1.82 bits per heavy atom. The van der Waals surface area contributed by atoms with Crippen LogP contribution in [0.4, 0.5) is 15.2 Å². The normalized spacial score (nSPS) is 21.6. The molecule has 11 heteroatoms. The van der Waals surface area contributed by atoms with Crippen LogP contribution < -0.4 is 9.80 Å². The lowest BCUT2D eigenvalue weighted by Gasteiger charge is -2.24. The van der Waals surface area contributed by atoms with Crippen LogP contribution in [0.25, 0.3) is 10.7 Å². The van der Waals surface area contributed by atoms with Crippen LogP contribution >= 0.6 is 34.5 Å². The van der Waals surface area contributed by atoms with Gasteiger partial charge in [-0.25, -0.2) is 9.37 Å². The van der Waals surface area contributed by atoms with Crippen molar-refractivity contribution < 1.29 is 4.39 Å². The van der Waals surface area contributed by atoms with Crippen molar-refractivity contribution in [3.63, 3.8) is 0 Å². The van der Waals surface area contributed by atoms with Gasteiger partial charge >= 0.3 is 0 Å². The Bertz CT molecular complexity index is 1020. The van der Waals surface area contributed by atoms with E-state index in [4.69, 9.17) is 30.2 Å². The maximum Gasteiger partial charge on any atom is 0.216 e. The third-order valence-electron chi connectivity index (χ3n) is 5.21. The van der Waals surface area contributed by atoms with Gasteiger partial charge in [-0.2, -0.15) is 4.80 Å². The molecule has 1 aromatic carbocycles. The minimum absolute atomic E-state index is 0.131. The highest BCUT2D eigenvalue weighted by atomic mass is 35.5. The molecule has 144 valence electrons. The minimum atomic E-state index is -0.485. The smallest absolute Gasteiger partial charge is 0.216 e. The van der Waals surface area contributed by atoms with Gasteiger partial charge in [-0.05, 0) is 17.3 Å². The molecule has 2 unspecified atom stereocenters. The monoisotopic (exact) mass is 437 g/mol. The van der Waals surface area contributed by atoms with Crippen LogP contribution in [0.3, 0.4) is 0 Å². The van der Waals surface area contributed by atoms with Crippen LogP contribution in [0.1, 0.15) is 0 Å². The van der Waals surface area contributed by atoms with Gasteiger partial charge in [0, 0.05) is 43.0 Å². The number of anilines is 2. The molecule has 2 saturated heterocycles. The maximum atomic E-state index is 13.9. The molecule has 4 heterocycles. The molecule has 2 radical (unpaired) electrons. The fourth-order valence-electron chi connectivity index (χ4n) is 3.96. The Balaban J connectivity index is 1.30. The van der Waals surface area contributed by atoms with E-state index in [2.05, 4.69) is 30.2 Å². The van der Waals surface area contributed by atoms with Crippen LogP contribution in [0.5, 0.6) is 0 Å². The van der Waals surface area contributed by atoms with Crippen molar-refractivity contribution in [2.75, 3.05) is 36.0 Å². The Morgan fingerprint density at radius 1 is 1.11 bits per heavy atom. The number of halogens is 3. The number of nitrogens with zero attached hydrogens (tertiary/aromatic N) is 7. The summed E-state index contributed by atoms with van der Waals surface area (Å²) in [6.07, 6.45) is 1.74. The third-order valence-corrected chi connectivity index (χ3v) is 6.86. The molecule has 7 nitrogen and oxygen atoms in total. The third kappa shape index (κ3) is 3.11. The number of hydrogen-bond donors (Lipinski definition) is 0. The molecule has 2 aromatic heterocycles. The number of rotatable bonds is 3. The Morgan fingerprint density at radius 3 is 2.50 bits per heavy atom. The number of aromatic nitrogens is 5. The van der Waals surface area contributed by atoms with E-state index in [0.29, 0.717) is 28.4 Å². The van der Waals surface area contributed by atoms with E-state index in [0.717, 1.165) is 41.0 Å². The van der Waals surface area contributed by atoms with Crippen LogP contribution in [-0.4, -0.2) is 51.4 Å². The molecule has 28 heavy (non-hydrogen) atoms. The molecule has 0 spiro atoms. The highest BCUT2D eigenvalue weighted by Crippen LogP contribution is 2.41. The minimum Gasteiger partial charge on any atom is -0.369 e. The quantitative estimate of drug-likeness (QED) is 0.585. The molecular formula is C17H14Cl2FN7S. The topological polar surface area (TPSA) is 63.0 Å². The molecular weight excluding hydrogens is 424 g/mol. The summed E-state index contributed by atoms with van der Waals surface area (Å²) >= 11 is 13.7. The lowest BCUT2D eigenvalue weighted by molar-refractivity contribution is 0.533. The van der Waals surface area contributed by atoms with E-state index in [9.17, 15) is 4.39 Å². The summed E-state index contributed by atoms with van der Waals surface area (Å²) in [5.74, 6) is 0.887. The molecule has 0 aliphatic carbocycles. The van der Waals surface area contributed by atoms with Crippen molar-refractivity contribution in [3.05, 3.63) is 41.2 Å². The predicted molar refractivity (Wildman–Crippen MR) is 106 cm³/mol. The van der Waals surface area contributed by atoms with Gasteiger partial charge in [-0.1, -0.05) is 34.5 Å². The number of thiazole rings is 1. The average Bonchev–Trinajstić information content (AvgIpc) is 3.39. The first-order chi connectivity index (χ1) is 13.5. The molecule has 3 aromatic rings. The highest BCUT2D eigenvalue weighted by molar-refractivity contribution is 7.18. The summed E-state index contributed by atoms with van der Waals surface area (Å²) in [5, 5.41) is 13.0. The van der Waals surface area contributed by atoms with Crippen LogP contribution in [0.15, 0.2) is 18.3 Å². The average molecular weight is 438 g/mol. The van der Waals surface area contributed by atoms with E-state index < -0.39 is 5.82 Å². The molecule has 2 aliphatic heterocycles. The van der Waals surface area contributed by atoms with E-state index in [1.807, 2.05) is 0 Å². The first-order valence-corrected chi connectivity index (χ1v) is 10.2. The van der Waals surface area contributed by atoms with E-state index in [1.54, 1.807) is 12.3 Å². The van der Waals surface area contributed by atoms with Crippen molar-refractivity contribution >= 4 is 45.4 Å². The lowest BCUT2D eigenvalue weighted by Crippen LogP contribution is -2.28. The van der Waals surface area contributed by atoms with Gasteiger partial charge in [0.15, 0.2) is 5.13 Å². The summed E-state index contributed by atoms with van der Waals surface area (Å²) in [6, 6.07) is 2.97. The second kappa shape index (κ2) is 6.82. The highest BCUT2D eigenvalue weighted by Gasteiger charge is 2.41. The second-order valence-corrected chi connectivity index (χ2v) is 8.81. The number of benzene rings is 1. The predicted octanol–water partition coefficient (Wildman–Crippen LogP) is 3.33. The zero-order valence-electron chi connectivity index (χ0n) is 14.5. The van der Waals surface area contributed by atoms with E-state index in [1.165, 1.54) is 17.4 Å². The molecule has 0 saturated carbocycles. The van der Waals surface area contributed by atoms with E-state index in [-0.39, 0.29) is 5.02 Å². The molecule has 2 atom stereocenters. The zero-order chi connectivity index (χ0) is 19.4. The number of fused-ring (bicyclic) bond motifs is 1. The fraction of sp³-hybridized carbons (Fsp3) is 0.353. The summed E-state index contributed by atoms with van der Waals surface area (Å²) in [7, 11) is 5.46. The summed E-state index contributed by atoms with van der Waals surface area (Å²) in [6.45, 7) is 3.38. The van der Waals surface area contributed by atoms with Crippen molar-refractivity contribution in [1.82, 2.24) is 25.2 Å². The standard InChI is InChI=1S/C17H14Cl2FN7S/c1-25-23-16(22-24-25)14-4-21-17(28-14)27-7-9-5-26(6-10(9)8-27)13-3-11(18)2-12(20)15(13)19/h1-4,9-10H,5-8H2. The van der Waals surface area contributed by atoms with Gasteiger partial charge < -0.3 is 9.80 Å². The summed E-state index contributed by atoms with van der Waals surface area (Å²) in [4.78, 5) is 10.7. The molecule has 0 N–H and O–H groups in total. The first kappa shape index (κ1) is 18.1. The first-order valence-electron chi connectivity index (χ1n) is 8.63. The molecule has 2 fully saturated rings. The van der Waals surface area contributed by atoms with Gasteiger partial charge in [0.25, 0.3) is 0 Å². The van der Waals surface area contributed by atoms with E-state index >= 15 is 0 Å². The Hall–Kier alpha value is -1.97. The lowest BCUT2D eigenvalue weighted by atomic mass is 10.0. The van der Waals surface area contributed by atoms with Crippen molar-refractivity contribution in [1.29, 1.82) is 0 Å². The number of hydrogen-bond acceptors (Lipinski definition) is 7. The second-order valence-electron chi connectivity index (χ2n) is 6.99. The molecule has 0 bridgehead atoms. The van der Waals surface area contributed by atoms with Crippen LogP contribution in [0, 0.1) is 24.7 Å². The van der Waals surface area contributed by atoms with Gasteiger partial charge in [0.2, 0.25) is 5.82 Å². The van der Waals surface area contributed by atoms with Crippen molar-refractivity contribution in [2.24, 2.45) is 11.8 Å². The van der Waals surface area contributed by atoms with Crippen LogP contribution in [0.2, 0.25) is 10.0 Å². The Labute approximate surface area is 174 Å². The SMILES string of the molecule is [CH]n1nnc(-c2cnc(N3CC4CN(c5cc(Cl)cc(F)c5Cl)CC4C3)s2)n1. The maximum absolute atomic E-state index is 13.9. The summed E-state index contributed by atoms with van der Waals surface area (Å²) < 4.78 is 13.9. The molecule has 0 amide bonds. The molecule has 5 rings (SSSR count). The fourth-order valence-corrected chi connectivity index (χ4v) is 5.24. The number of tetrazole rings is 1. The Kier molecular flexibility index (Phi) is 4.41. The zero-order valence-corrected chi connectivity index (χ0v) is 16.8. The molecule has 2 aliphatic rings. The van der Waals surface area contributed by atoms with Gasteiger partial charge in [-0.15, -0.1) is 10.2 Å².